The van der Waals surface area contributed by atoms with Crippen molar-refractivity contribution in [1.82, 2.24) is 14.8 Å². The molecule has 3 rings (SSSR count). The summed E-state index contributed by atoms with van der Waals surface area (Å²) in [6, 6.07) is 13.3. The third-order valence-electron chi connectivity index (χ3n) is 4.35. The number of halogens is 2. The number of aromatic nitrogens is 3. The number of nitrogens with one attached hydrogen (secondary N) is 1. The van der Waals surface area contributed by atoms with Gasteiger partial charge in [-0.2, -0.15) is 0 Å². The summed E-state index contributed by atoms with van der Waals surface area (Å²) >= 11 is 7.42. The number of benzene rings is 2. The lowest BCUT2D eigenvalue weighted by atomic mass is 10.3. The lowest BCUT2D eigenvalue weighted by Crippen LogP contribution is -2.23. The molecule has 2 unspecified atom stereocenters. The van der Waals surface area contributed by atoms with Gasteiger partial charge >= 0.3 is 0 Å². The summed E-state index contributed by atoms with van der Waals surface area (Å²) in [5, 5.41) is 11.7. The van der Waals surface area contributed by atoms with E-state index in [1.807, 2.05) is 30.5 Å². The van der Waals surface area contributed by atoms with E-state index in [0.29, 0.717) is 28.3 Å². The zero-order valence-corrected chi connectivity index (χ0v) is 18.4. The largest absolute Gasteiger partial charge is 0.481 e. The Hall–Kier alpha value is -2.58. The minimum Gasteiger partial charge on any atom is -0.481 e. The van der Waals surface area contributed by atoms with Crippen LogP contribution in [0.25, 0.3) is 0 Å². The second-order valence-electron chi connectivity index (χ2n) is 6.50. The molecule has 0 aliphatic rings. The number of carbonyl (C=O) groups excluding carboxylic acids is 1. The smallest absolute Gasteiger partial charge is 0.237 e. The average Bonchev–Trinajstić information content (AvgIpc) is 3.14. The molecule has 2 aromatic carbocycles. The fourth-order valence-corrected chi connectivity index (χ4v) is 3.88. The van der Waals surface area contributed by atoms with Crippen molar-refractivity contribution in [2.75, 3.05) is 5.32 Å². The maximum atomic E-state index is 13.8. The second-order valence-corrected chi connectivity index (χ2v) is 8.22. The van der Waals surface area contributed by atoms with Crippen LogP contribution in [0, 0.1) is 5.82 Å². The van der Waals surface area contributed by atoms with Crippen molar-refractivity contribution in [3.05, 3.63) is 65.2 Å². The molecular weight excluding hydrogens is 427 g/mol. The van der Waals surface area contributed by atoms with Gasteiger partial charge in [0.2, 0.25) is 5.91 Å². The molecule has 1 N–H and O–H groups in total. The van der Waals surface area contributed by atoms with Crippen molar-refractivity contribution in [3.63, 3.8) is 0 Å². The predicted octanol–water partition coefficient (Wildman–Crippen LogP) is 5.35. The van der Waals surface area contributed by atoms with Gasteiger partial charge in [-0.1, -0.05) is 47.6 Å². The maximum Gasteiger partial charge on any atom is 0.237 e. The van der Waals surface area contributed by atoms with Crippen LogP contribution in [-0.4, -0.2) is 25.9 Å². The summed E-state index contributed by atoms with van der Waals surface area (Å²) < 4.78 is 21.6. The molecule has 0 aliphatic carbocycles. The molecule has 0 fully saturated rings. The minimum atomic E-state index is -0.508. The highest BCUT2D eigenvalue weighted by Crippen LogP contribution is 2.30. The lowest BCUT2D eigenvalue weighted by molar-refractivity contribution is -0.115. The number of hydrogen-bond acceptors (Lipinski definition) is 5. The fraction of sp³-hybridized carbons (Fsp3) is 0.286. The van der Waals surface area contributed by atoms with Gasteiger partial charge in [-0.15, -0.1) is 10.2 Å². The number of rotatable bonds is 8. The molecule has 0 aliphatic heterocycles. The molecule has 0 radical (unpaired) electrons. The van der Waals surface area contributed by atoms with Crippen LogP contribution in [0.15, 0.2) is 53.7 Å². The highest BCUT2D eigenvalue weighted by molar-refractivity contribution is 8.00. The first-order valence-electron chi connectivity index (χ1n) is 9.47. The molecule has 1 aromatic heterocycles. The van der Waals surface area contributed by atoms with Crippen molar-refractivity contribution < 1.29 is 13.9 Å². The first-order chi connectivity index (χ1) is 14.4. The molecule has 2 atom stereocenters. The van der Waals surface area contributed by atoms with Crippen LogP contribution in [-0.2, 0) is 11.3 Å². The molecule has 0 saturated heterocycles. The highest BCUT2D eigenvalue weighted by Gasteiger charge is 2.23. The van der Waals surface area contributed by atoms with Gasteiger partial charge in [-0.3, -0.25) is 4.79 Å². The number of hydrogen-bond donors (Lipinski definition) is 1. The fourth-order valence-electron chi connectivity index (χ4n) is 2.78. The maximum absolute atomic E-state index is 13.8. The average molecular weight is 449 g/mol. The summed E-state index contributed by atoms with van der Waals surface area (Å²) in [6.07, 6.45) is -0.394. The minimum absolute atomic E-state index is 0.148. The SMILES string of the molecule is CCn1c(SC(C)C(=O)Nc2ccccc2F)nnc1C(C)Oc1ccccc1Cl. The van der Waals surface area contributed by atoms with Crippen LogP contribution in [0.4, 0.5) is 10.1 Å². The van der Waals surface area contributed by atoms with Crippen LogP contribution >= 0.6 is 23.4 Å². The van der Waals surface area contributed by atoms with E-state index in [0.717, 1.165) is 0 Å². The van der Waals surface area contributed by atoms with Crippen molar-refractivity contribution in [3.8, 4) is 5.75 Å². The summed E-state index contributed by atoms with van der Waals surface area (Å²) in [6.45, 7) is 6.16. The number of thioether (sulfide) groups is 1. The first-order valence-corrected chi connectivity index (χ1v) is 10.7. The number of carbonyl (C=O) groups is 1. The number of nitrogens with zero attached hydrogens (tertiary/aromatic N) is 3. The number of amides is 1. The summed E-state index contributed by atoms with van der Waals surface area (Å²) in [4.78, 5) is 12.5. The molecule has 158 valence electrons. The van der Waals surface area contributed by atoms with Gasteiger partial charge in [0.25, 0.3) is 0 Å². The van der Waals surface area contributed by atoms with Gasteiger partial charge in [0, 0.05) is 6.54 Å². The molecule has 0 bridgehead atoms. The molecule has 30 heavy (non-hydrogen) atoms. The number of para-hydroxylation sites is 2. The third-order valence-corrected chi connectivity index (χ3v) is 5.74. The molecule has 1 amide bonds. The molecule has 0 saturated carbocycles. The van der Waals surface area contributed by atoms with Gasteiger partial charge in [0.15, 0.2) is 17.1 Å². The third kappa shape index (κ3) is 5.12. The van der Waals surface area contributed by atoms with Gasteiger partial charge in [0.1, 0.15) is 11.6 Å². The van der Waals surface area contributed by atoms with Gasteiger partial charge in [-0.25, -0.2) is 4.39 Å². The van der Waals surface area contributed by atoms with E-state index in [1.54, 1.807) is 31.2 Å². The van der Waals surface area contributed by atoms with Gasteiger partial charge in [-0.05, 0) is 45.0 Å². The quantitative estimate of drug-likeness (QED) is 0.470. The van der Waals surface area contributed by atoms with Crippen LogP contribution in [0.5, 0.6) is 5.75 Å². The van der Waals surface area contributed by atoms with Crippen LogP contribution in [0.1, 0.15) is 32.7 Å². The second kappa shape index (κ2) is 9.95. The topological polar surface area (TPSA) is 69.0 Å². The summed E-state index contributed by atoms with van der Waals surface area (Å²) in [7, 11) is 0. The van der Waals surface area contributed by atoms with E-state index in [-0.39, 0.29) is 11.6 Å². The normalized spacial score (nSPS) is 13.0. The Labute approximate surface area is 183 Å². The molecule has 3 aromatic rings. The standard InChI is InChI=1S/C21H22ClFN4O2S/c1-4-27-19(13(2)29-18-12-8-5-9-15(18)22)25-26-21(27)30-14(3)20(28)24-17-11-7-6-10-16(17)23/h5-14H,4H2,1-3H3,(H,24,28). The van der Waals surface area contributed by atoms with E-state index in [9.17, 15) is 9.18 Å². The zero-order chi connectivity index (χ0) is 21.7. The van der Waals surface area contributed by atoms with Crippen LogP contribution < -0.4 is 10.1 Å². The Balaban J connectivity index is 1.71. The summed E-state index contributed by atoms with van der Waals surface area (Å²) in [5.41, 5.74) is 0.148. The van der Waals surface area contributed by atoms with E-state index in [1.165, 1.54) is 23.9 Å². The predicted molar refractivity (Wildman–Crippen MR) is 117 cm³/mol. The van der Waals surface area contributed by atoms with Gasteiger partial charge < -0.3 is 14.6 Å². The Morgan fingerprint density at radius 2 is 1.90 bits per heavy atom. The van der Waals surface area contributed by atoms with Crippen molar-refractivity contribution in [2.24, 2.45) is 0 Å². The Morgan fingerprint density at radius 3 is 2.60 bits per heavy atom. The van der Waals surface area contributed by atoms with Crippen LogP contribution in [0.2, 0.25) is 5.02 Å². The van der Waals surface area contributed by atoms with E-state index in [4.69, 9.17) is 16.3 Å². The molecular formula is C21H22ClFN4O2S. The zero-order valence-electron chi connectivity index (χ0n) is 16.8. The molecule has 1 heterocycles. The van der Waals surface area contributed by atoms with E-state index in [2.05, 4.69) is 15.5 Å². The number of ether oxygens (including phenoxy) is 1. The van der Waals surface area contributed by atoms with Gasteiger partial charge in [0.05, 0.1) is 16.0 Å². The van der Waals surface area contributed by atoms with Crippen molar-refractivity contribution >= 4 is 35.0 Å². The summed E-state index contributed by atoms with van der Waals surface area (Å²) in [5.74, 6) is 0.385. The Morgan fingerprint density at radius 1 is 1.20 bits per heavy atom. The Bertz CT molecular complexity index is 1030. The van der Waals surface area contributed by atoms with Crippen molar-refractivity contribution in [1.29, 1.82) is 0 Å². The highest BCUT2D eigenvalue weighted by atomic mass is 35.5. The molecule has 9 heteroatoms. The number of anilines is 1. The Kier molecular flexibility index (Phi) is 7.33. The van der Waals surface area contributed by atoms with E-state index >= 15 is 0 Å². The van der Waals surface area contributed by atoms with Crippen molar-refractivity contribution in [2.45, 2.75) is 43.8 Å². The monoisotopic (exact) mass is 448 g/mol. The molecule has 0 spiro atoms. The van der Waals surface area contributed by atoms with Crippen LogP contribution in [0.3, 0.4) is 0 Å². The first kappa shape index (κ1) is 22.1. The molecule has 6 nitrogen and oxygen atoms in total. The lowest BCUT2D eigenvalue weighted by Gasteiger charge is -2.17. The van der Waals surface area contributed by atoms with E-state index < -0.39 is 17.2 Å².